The van der Waals surface area contributed by atoms with Gasteiger partial charge in [-0.25, -0.2) is 4.98 Å². The number of carbonyl (C=O) groups excluding carboxylic acids is 1. The lowest BCUT2D eigenvalue weighted by Crippen LogP contribution is -2.08. The zero-order valence-corrected chi connectivity index (χ0v) is 7.68. The number of pyridine rings is 1. The number of aromatic nitrogens is 1. The predicted molar refractivity (Wildman–Crippen MR) is 45.1 cm³/mol. The Kier molecular flexibility index (Phi) is 2.74. The molecule has 0 amide bonds. The molecule has 74 valence electrons. The topological polar surface area (TPSA) is 57.7 Å². The lowest BCUT2D eigenvalue weighted by Gasteiger charge is -2.05. The molecule has 5 nitrogen and oxygen atoms in total. The molecule has 1 aromatic heterocycles. The van der Waals surface area contributed by atoms with Crippen molar-refractivity contribution in [1.29, 1.82) is 0 Å². The summed E-state index contributed by atoms with van der Waals surface area (Å²) in [5, 5.41) is 0.375. The van der Waals surface area contributed by atoms with Crippen LogP contribution in [0.2, 0.25) is 5.15 Å². The van der Waals surface area contributed by atoms with E-state index in [1.54, 1.807) is 12.1 Å². The first-order chi connectivity index (χ1) is 6.79. The molecule has 0 radical (unpaired) electrons. The summed E-state index contributed by atoms with van der Waals surface area (Å²) >= 11 is 5.59. The summed E-state index contributed by atoms with van der Waals surface area (Å²) in [5.41, 5.74) is 0.638. The maximum atomic E-state index is 10.3. The lowest BCUT2D eigenvalue weighted by atomic mass is 10.3. The summed E-state index contributed by atoms with van der Waals surface area (Å²) in [7, 11) is 0. The molecule has 2 heterocycles. The Bertz CT molecular complexity index is 329. The number of hydrogen-bond donors (Lipinski definition) is 0. The van der Waals surface area contributed by atoms with Gasteiger partial charge in [-0.2, -0.15) is 9.78 Å². The number of aldehydes is 1. The minimum atomic E-state index is -0.976. The normalized spacial score (nSPS) is 26.4. The maximum absolute atomic E-state index is 10.3. The van der Waals surface area contributed by atoms with Crippen LogP contribution in [0.25, 0.3) is 0 Å². The van der Waals surface area contributed by atoms with E-state index in [-0.39, 0.29) is 0 Å². The quantitative estimate of drug-likeness (QED) is 0.422. The number of rotatable bonds is 2. The minimum Gasteiger partial charge on any atom is -0.307 e. The minimum absolute atomic E-state index is 0.375. The number of halogens is 1. The monoisotopic (exact) mass is 215 g/mol. The Morgan fingerprint density at radius 3 is 2.86 bits per heavy atom. The average Bonchev–Trinajstić information content (AvgIpc) is 2.67. The molecule has 1 fully saturated rings. The van der Waals surface area contributed by atoms with Crippen LogP contribution in [0.15, 0.2) is 18.3 Å². The van der Waals surface area contributed by atoms with Crippen LogP contribution in [0.1, 0.15) is 11.9 Å². The molecule has 0 bridgehead atoms. The first-order valence-electron chi connectivity index (χ1n) is 3.84. The molecule has 0 N–H and O–H groups in total. The van der Waals surface area contributed by atoms with Crippen molar-refractivity contribution in [1.82, 2.24) is 4.98 Å². The highest BCUT2D eigenvalue weighted by Crippen LogP contribution is 2.26. The zero-order valence-electron chi connectivity index (χ0n) is 6.92. The first kappa shape index (κ1) is 9.54. The Morgan fingerprint density at radius 2 is 2.29 bits per heavy atom. The lowest BCUT2D eigenvalue weighted by molar-refractivity contribution is -0.291. The number of ether oxygens (including phenoxy) is 1. The highest BCUT2D eigenvalue weighted by atomic mass is 35.5. The largest absolute Gasteiger partial charge is 0.307 e. The predicted octanol–water partition coefficient (Wildman–Crippen LogP) is 1.24. The van der Waals surface area contributed by atoms with Crippen molar-refractivity contribution >= 4 is 17.9 Å². The van der Waals surface area contributed by atoms with Gasteiger partial charge in [-0.15, -0.1) is 0 Å². The molecule has 14 heavy (non-hydrogen) atoms. The summed E-state index contributed by atoms with van der Waals surface area (Å²) in [6, 6.07) is 3.27. The number of carbonyl (C=O) groups is 1. The molecule has 1 saturated heterocycles. The van der Waals surface area contributed by atoms with Gasteiger partial charge in [0.05, 0.1) is 0 Å². The third-order valence-corrected chi connectivity index (χ3v) is 1.85. The molecule has 1 aliphatic heterocycles. The fourth-order valence-corrected chi connectivity index (χ4v) is 1.10. The Morgan fingerprint density at radius 1 is 1.43 bits per heavy atom. The van der Waals surface area contributed by atoms with Crippen molar-refractivity contribution in [3.63, 3.8) is 0 Å². The molecule has 2 atom stereocenters. The SMILES string of the molecule is O=CC1OOC(c2ccc(Cl)nc2)O1. The van der Waals surface area contributed by atoms with Crippen molar-refractivity contribution in [2.45, 2.75) is 12.6 Å². The second-order valence-electron chi connectivity index (χ2n) is 2.58. The van der Waals surface area contributed by atoms with Crippen molar-refractivity contribution in [2.24, 2.45) is 0 Å². The van der Waals surface area contributed by atoms with Crippen LogP contribution < -0.4 is 0 Å². The highest BCUT2D eigenvalue weighted by molar-refractivity contribution is 6.29. The van der Waals surface area contributed by atoms with Gasteiger partial charge in [0.25, 0.3) is 0 Å². The summed E-state index contributed by atoms with van der Waals surface area (Å²) in [6.07, 6.45) is 0.290. The number of nitrogens with zero attached hydrogens (tertiary/aromatic N) is 1. The van der Waals surface area contributed by atoms with Gasteiger partial charge in [0.2, 0.25) is 12.6 Å². The second-order valence-corrected chi connectivity index (χ2v) is 2.97. The second kappa shape index (κ2) is 4.02. The van der Waals surface area contributed by atoms with Gasteiger partial charge < -0.3 is 4.74 Å². The molecule has 0 aromatic carbocycles. The van der Waals surface area contributed by atoms with Gasteiger partial charge >= 0.3 is 0 Å². The van der Waals surface area contributed by atoms with E-state index in [0.29, 0.717) is 17.0 Å². The van der Waals surface area contributed by atoms with E-state index >= 15 is 0 Å². The van der Waals surface area contributed by atoms with Crippen LogP contribution in [0.3, 0.4) is 0 Å². The van der Waals surface area contributed by atoms with Gasteiger partial charge in [-0.3, -0.25) is 4.79 Å². The summed E-state index contributed by atoms with van der Waals surface area (Å²) in [6.45, 7) is 0. The Hall–Kier alpha value is -1.01. The maximum Gasteiger partial charge on any atom is 0.250 e. The molecule has 6 heteroatoms. The van der Waals surface area contributed by atoms with Gasteiger partial charge in [0.1, 0.15) is 5.15 Å². The molecule has 2 rings (SSSR count). The van der Waals surface area contributed by atoms with E-state index in [4.69, 9.17) is 21.2 Å². The third kappa shape index (κ3) is 1.91. The van der Waals surface area contributed by atoms with E-state index in [9.17, 15) is 4.79 Å². The van der Waals surface area contributed by atoms with Gasteiger partial charge in [-0.1, -0.05) is 11.6 Å². The van der Waals surface area contributed by atoms with Crippen molar-refractivity contribution < 1.29 is 19.3 Å². The van der Waals surface area contributed by atoms with Crippen LogP contribution in [0, 0.1) is 0 Å². The van der Waals surface area contributed by atoms with Gasteiger partial charge in [-0.05, 0) is 12.1 Å². The molecule has 1 aliphatic rings. The molecule has 0 spiro atoms. The third-order valence-electron chi connectivity index (χ3n) is 1.63. The smallest absolute Gasteiger partial charge is 0.250 e. The van der Waals surface area contributed by atoms with E-state index in [2.05, 4.69) is 9.87 Å². The molecule has 0 saturated carbocycles. The van der Waals surface area contributed by atoms with Crippen molar-refractivity contribution in [3.05, 3.63) is 29.0 Å². The fraction of sp³-hybridized carbons (Fsp3) is 0.250. The summed E-state index contributed by atoms with van der Waals surface area (Å²) in [4.78, 5) is 23.4. The van der Waals surface area contributed by atoms with Crippen LogP contribution in [0.4, 0.5) is 0 Å². The van der Waals surface area contributed by atoms with Crippen molar-refractivity contribution in [3.8, 4) is 0 Å². The van der Waals surface area contributed by atoms with E-state index in [1.807, 2.05) is 0 Å². The Labute approximate surface area is 84.5 Å². The van der Waals surface area contributed by atoms with Crippen LogP contribution in [-0.2, 0) is 19.3 Å². The van der Waals surface area contributed by atoms with Gasteiger partial charge in [0, 0.05) is 11.8 Å². The van der Waals surface area contributed by atoms with E-state index in [1.165, 1.54) is 6.20 Å². The van der Waals surface area contributed by atoms with Crippen LogP contribution in [0.5, 0.6) is 0 Å². The molecular formula is C8H6ClNO4. The van der Waals surface area contributed by atoms with E-state index < -0.39 is 12.6 Å². The van der Waals surface area contributed by atoms with Crippen molar-refractivity contribution in [2.75, 3.05) is 0 Å². The molecular weight excluding hydrogens is 210 g/mol. The Balaban J connectivity index is 2.09. The molecule has 0 aliphatic carbocycles. The average molecular weight is 216 g/mol. The summed E-state index contributed by atoms with van der Waals surface area (Å²) in [5.74, 6) is 0. The van der Waals surface area contributed by atoms with E-state index in [0.717, 1.165) is 0 Å². The highest BCUT2D eigenvalue weighted by Gasteiger charge is 2.28. The van der Waals surface area contributed by atoms with Gasteiger partial charge in [0.15, 0.2) is 6.29 Å². The standard InChI is InChI=1S/C8H6ClNO4/c9-6-2-1-5(3-10-6)8-12-7(4-11)13-14-8/h1-4,7-8H. The van der Waals surface area contributed by atoms with Crippen LogP contribution in [-0.4, -0.2) is 17.6 Å². The molecule has 1 aromatic rings. The first-order valence-corrected chi connectivity index (χ1v) is 4.22. The summed E-state index contributed by atoms with van der Waals surface area (Å²) < 4.78 is 5.04. The molecule has 2 unspecified atom stereocenters. The number of hydrogen-bond acceptors (Lipinski definition) is 5. The zero-order chi connectivity index (χ0) is 9.97. The fourth-order valence-electron chi connectivity index (χ4n) is 0.988. The van der Waals surface area contributed by atoms with Crippen LogP contribution >= 0.6 is 11.6 Å².